The molecule has 194 valence electrons. The monoisotopic (exact) mass is 502 g/mol. The van der Waals surface area contributed by atoms with Gasteiger partial charge >= 0.3 is 5.97 Å². The minimum Gasteiger partial charge on any atom is -0.463 e. The first-order valence-electron chi connectivity index (χ1n) is 13.3. The fourth-order valence-corrected chi connectivity index (χ4v) is 5.91. The summed E-state index contributed by atoms with van der Waals surface area (Å²) in [6.45, 7) is 7.24. The molecule has 2 aliphatic heterocycles. The van der Waals surface area contributed by atoms with Crippen LogP contribution in [0.4, 0.5) is 4.39 Å². The summed E-state index contributed by atoms with van der Waals surface area (Å²) in [7, 11) is 0. The number of hydrogen-bond donors (Lipinski definition) is 0. The second-order valence-electron chi connectivity index (χ2n) is 10.7. The molecule has 2 fully saturated rings. The van der Waals surface area contributed by atoms with E-state index in [0.717, 1.165) is 43.2 Å². The Morgan fingerprint density at radius 2 is 1.65 bits per heavy atom. The number of piperidine rings is 1. The van der Waals surface area contributed by atoms with Gasteiger partial charge in [0.15, 0.2) is 0 Å². The van der Waals surface area contributed by atoms with Crippen LogP contribution in [0.15, 0.2) is 66.7 Å². The molecule has 6 heteroatoms. The minimum absolute atomic E-state index is 0.0209. The van der Waals surface area contributed by atoms with Crippen molar-refractivity contribution in [2.75, 3.05) is 32.7 Å². The SMILES string of the molecule is CC(C)OC(=O)C1CN(C(=O)c2cccc3ccccc23)CC1CN1CCC(c2ccc(F)cc2)CC1. The molecule has 0 radical (unpaired) electrons. The Morgan fingerprint density at radius 1 is 0.946 bits per heavy atom. The Labute approximate surface area is 218 Å². The third kappa shape index (κ3) is 5.69. The van der Waals surface area contributed by atoms with Gasteiger partial charge in [0.25, 0.3) is 5.91 Å². The van der Waals surface area contributed by atoms with E-state index in [2.05, 4.69) is 4.90 Å². The Kier molecular flexibility index (Phi) is 7.56. The fraction of sp³-hybridized carbons (Fsp3) is 0.419. The number of likely N-dealkylation sites (tertiary alicyclic amines) is 2. The lowest BCUT2D eigenvalue weighted by Crippen LogP contribution is -2.40. The summed E-state index contributed by atoms with van der Waals surface area (Å²) in [5, 5.41) is 1.96. The second-order valence-corrected chi connectivity index (χ2v) is 10.7. The number of carbonyl (C=O) groups is 2. The maximum absolute atomic E-state index is 13.6. The molecule has 2 aliphatic rings. The molecule has 2 atom stereocenters. The molecule has 37 heavy (non-hydrogen) atoms. The number of carbonyl (C=O) groups excluding carboxylic acids is 2. The van der Waals surface area contributed by atoms with E-state index in [1.807, 2.05) is 73.3 Å². The van der Waals surface area contributed by atoms with Gasteiger partial charge in [-0.05, 0) is 80.2 Å². The molecule has 5 nitrogen and oxygen atoms in total. The van der Waals surface area contributed by atoms with Gasteiger partial charge in [0, 0.05) is 31.1 Å². The molecule has 0 saturated carbocycles. The smallest absolute Gasteiger partial charge is 0.311 e. The summed E-state index contributed by atoms with van der Waals surface area (Å²) in [4.78, 5) is 31.0. The predicted octanol–water partition coefficient (Wildman–Crippen LogP) is 5.50. The zero-order chi connectivity index (χ0) is 25.9. The number of benzene rings is 3. The highest BCUT2D eigenvalue weighted by Crippen LogP contribution is 2.32. The maximum atomic E-state index is 13.6. The van der Waals surface area contributed by atoms with Crippen LogP contribution in [0.5, 0.6) is 0 Å². The van der Waals surface area contributed by atoms with Gasteiger partial charge in [0.2, 0.25) is 0 Å². The van der Waals surface area contributed by atoms with Crippen LogP contribution in [-0.4, -0.2) is 60.5 Å². The summed E-state index contributed by atoms with van der Waals surface area (Å²) < 4.78 is 18.9. The molecule has 2 heterocycles. The quantitative estimate of drug-likeness (QED) is 0.418. The first kappa shape index (κ1) is 25.4. The Balaban J connectivity index is 1.29. The lowest BCUT2D eigenvalue weighted by atomic mass is 9.88. The Bertz CT molecular complexity index is 1250. The van der Waals surface area contributed by atoms with E-state index in [1.54, 1.807) is 0 Å². The van der Waals surface area contributed by atoms with Crippen LogP contribution in [-0.2, 0) is 9.53 Å². The van der Waals surface area contributed by atoms with Gasteiger partial charge < -0.3 is 14.5 Å². The summed E-state index contributed by atoms with van der Waals surface area (Å²) in [5.74, 6) is -0.342. The van der Waals surface area contributed by atoms with Crippen LogP contribution < -0.4 is 0 Å². The van der Waals surface area contributed by atoms with Crippen LogP contribution in [0.1, 0.15) is 48.5 Å². The van der Waals surface area contributed by atoms with Crippen molar-refractivity contribution in [3.8, 4) is 0 Å². The average Bonchev–Trinajstić information content (AvgIpc) is 3.32. The largest absolute Gasteiger partial charge is 0.463 e. The maximum Gasteiger partial charge on any atom is 0.311 e. The third-order valence-corrected chi connectivity index (χ3v) is 7.82. The van der Waals surface area contributed by atoms with E-state index in [0.29, 0.717) is 24.6 Å². The van der Waals surface area contributed by atoms with Crippen molar-refractivity contribution >= 4 is 22.6 Å². The number of halogens is 1. The van der Waals surface area contributed by atoms with Crippen molar-refractivity contribution in [2.24, 2.45) is 11.8 Å². The normalized spacial score (nSPS) is 21.0. The highest BCUT2D eigenvalue weighted by atomic mass is 19.1. The van der Waals surface area contributed by atoms with Crippen LogP contribution in [0.2, 0.25) is 0 Å². The third-order valence-electron chi connectivity index (χ3n) is 7.82. The standard InChI is InChI=1S/C31H35FN2O3/c1-21(2)37-31(36)29-20-34(30(35)28-9-5-7-24-6-3-4-8-27(24)28)19-25(29)18-33-16-14-23(15-17-33)22-10-12-26(32)13-11-22/h3-13,21,23,25,29H,14-20H2,1-2H3. The van der Waals surface area contributed by atoms with Gasteiger partial charge in [-0.15, -0.1) is 0 Å². The van der Waals surface area contributed by atoms with Crippen LogP contribution in [0.3, 0.4) is 0 Å². The molecule has 2 saturated heterocycles. The highest BCUT2D eigenvalue weighted by Gasteiger charge is 2.42. The van der Waals surface area contributed by atoms with E-state index in [1.165, 1.54) is 17.7 Å². The van der Waals surface area contributed by atoms with E-state index in [9.17, 15) is 14.0 Å². The van der Waals surface area contributed by atoms with Crippen LogP contribution >= 0.6 is 0 Å². The van der Waals surface area contributed by atoms with Crippen LogP contribution in [0, 0.1) is 17.7 Å². The van der Waals surface area contributed by atoms with Crippen molar-refractivity contribution in [1.29, 1.82) is 0 Å². The first-order chi connectivity index (χ1) is 17.9. The van der Waals surface area contributed by atoms with Crippen molar-refractivity contribution in [3.05, 3.63) is 83.7 Å². The molecule has 0 N–H and O–H groups in total. The molecule has 0 aromatic heterocycles. The molecule has 0 spiro atoms. The molecule has 3 aromatic rings. The molecular weight excluding hydrogens is 467 g/mol. The summed E-state index contributed by atoms with van der Waals surface area (Å²) >= 11 is 0. The zero-order valence-corrected chi connectivity index (χ0v) is 21.6. The minimum atomic E-state index is -0.337. The van der Waals surface area contributed by atoms with E-state index in [4.69, 9.17) is 4.74 Å². The molecule has 0 bridgehead atoms. The van der Waals surface area contributed by atoms with Gasteiger partial charge in [-0.3, -0.25) is 9.59 Å². The van der Waals surface area contributed by atoms with E-state index < -0.39 is 0 Å². The van der Waals surface area contributed by atoms with Gasteiger partial charge in [0.05, 0.1) is 12.0 Å². The van der Waals surface area contributed by atoms with Gasteiger partial charge in [-0.1, -0.05) is 48.5 Å². The summed E-state index contributed by atoms with van der Waals surface area (Å²) in [6, 6.07) is 20.6. The van der Waals surface area contributed by atoms with Crippen molar-refractivity contribution in [2.45, 2.75) is 38.7 Å². The topological polar surface area (TPSA) is 49.9 Å². The average molecular weight is 503 g/mol. The predicted molar refractivity (Wildman–Crippen MR) is 143 cm³/mol. The second kappa shape index (κ2) is 11.0. The molecule has 2 unspecified atom stereocenters. The van der Waals surface area contributed by atoms with Crippen molar-refractivity contribution in [3.63, 3.8) is 0 Å². The zero-order valence-electron chi connectivity index (χ0n) is 21.6. The van der Waals surface area contributed by atoms with E-state index >= 15 is 0 Å². The van der Waals surface area contributed by atoms with Gasteiger partial charge in [-0.2, -0.15) is 0 Å². The fourth-order valence-electron chi connectivity index (χ4n) is 5.91. The number of rotatable bonds is 6. The number of esters is 1. The van der Waals surface area contributed by atoms with E-state index in [-0.39, 0.29) is 35.6 Å². The van der Waals surface area contributed by atoms with Gasteiger partial charge in [-0.25, -0.2) is 4.39 Å². The molecule has 0 aliphatic carbocycles. The molecular formula is C31H35FN2O3. The lowest BCUT2D eigenvalue weighted by Gasteiger charge is -2.34. The lowest BCUT2D eigenvalue weighted by molar-refractivity contribution is -0.153. The van der Waals surface area contributed by atoms with Crippen molar-refractivity contribution < 1.29 is 18.7 Å². The number of ether oxygens (including phenoxy) is 1. The number of nitrogens with zero attached hydrogens (tertiary/aromatic N) is 2. The van der Waals surface area contributed by atoms with Crippen LogP contribution in [0.25, 0.3) is 10.8 Å². The Hall–Kier alpha value is -3.25. The number of hydrogen-bond acceptors (Lipinski definition) is 4. The molecule has 1 amide bonds. The summed E-state index contributed by atoms with van der Waals surface area (Å²) in [5.41, 5.74) is 1.86. The molecule has 5 rings (SSSR count). The molecule has 3 aromatic carbocycles. The number of amides is 1. The summed E-state index contributed by atoms with van der Waals surface area (Å²) in [6.07, 6.45) is 1.80. The Morgan fingerprint density at radius 3 is 2.38 bits per heavy atom. The number of fused-ring (bicyclic) bond motifs is 1. The van der Waals surface area contributed by atoms with Gasteiger partial charge in [0.1, 0.15) is 5.82 Å². The highest BCUT2D eigenvalue weighted by molar-refractivity contribution is 6.07. The van der Waals surface area contributed by atoms with Crippen molar-refractivity contribution in [1.82, 2.24) is 9.80 Å². The first-order valence-corrected chi connectivity index (χ1v) is 13.3.